The van der Waals surface area contributed by atoms with Crippen molar-refractivity contribution in [3.63, 3.8) is 0 Å². The maximum atomic E-state index is 3.29. The average molecular weight is 601 g/mol. The van der Waals surface area contributed by atoms with Gasteiger partial charge in [0.05, 0.1) is 0 Å². The van der Waals surface area contributed by atoms with E-state index in [0.717, 1.165) is 0 Å². The van der Waals surface area contributed by atoms with Crippen LogP contribution in [0, 0.1) is 51.7 Å². The largest absolute Gasteiger partial charge is 0.147 e. The second-order valence-corrected chi connectivity index (χ2v) is 11.1. The Morgan fingerprint density at radius 1 is 0.722 bits per heavy atom. The molecule has 0 aromatic heterocycles. The van der Waals surface area contributed by atoms with Gasteiger partial charge in [0.15, 0.2) is 0 Å². The van der Waals surface area contributed by atoms with Crippen molar-refractivity contribution in [1.82, 2.24) is 0 Å². The molecule has 3 heteroatoms. The Morgan fingerprint density at radius 3 is 1.42 bits per heavy atom. The van der Waals surface area contributed by atoms with Gasteiger partial charge in [0.2, 0.25) is 0 Å². The van der Waals surface area contributed by atoms with E-state index in [9.17, 15) is 0 Å². The fourth-order valence-electron chi connectivity index (χ4n) is 4.29. The Balaban J connectivity index is 0.000000569. The SMILES string of the molecule is CC1=[C-]C(C)C(C)=C1.CC1=[C-]C(C)C=C1C.Cc1ccc([C](=[Zr+2])c2ccc(C)cc2C)c(C)c1.Cl.Cl. The molecule has 2 aromatic carbocycles. The summed E-state index contributed by atoms with van der Waals surface area (Å²) in [5, 5.41) is 0. The normalized spacial score (nSPS) is 17.6. The minimum atomic E-state index is 0. The van der Waals surface area contributed by atoms with E-state index in [1.807, 2.05) is 0 Å². The molecule has 0 radical (unpaired) electrons. The van der Waals surface area contributed by atoms with E-state index in [-0.39, 0.29) is 24.8 Å². The first-order valence-corrected chi connectivity index (χ1v) is 13.4. The van der Waals surface area contributed by atoms with Gasteiger partial charge in [-0.25, -0.2) is 22.8 Å². The van der Waals surface area contributed by atoms with Crippen molar-refractivity contribution in [2.45, 2.75) is 69.2 Å². The van der Waals surface area contributed by atoms with Gasteiger partial charge in [0.1, 0.15) is 0 Å². The van der Waals surface area contributed by atoms with Crippen LogP contribution in [-0.4, -0.2) is 3.21 Å². The zero-order valence-electron chi connectivity index (χ0n) is 23.6. The van der Waals surface area contributed by atoms with Crippen LogP contribution in [-0.2, 0) is 24.2 Å². The first kappa shape index (κ1) is 34.7. The monoisotopic (exact) mass is 598 g/mol. The van der Waals surface area contributed by atoms with Crippen molar-refractivity contribution in [1.29, 1.82) is 0 Å². The molecule has 2 aliphatic carbocycles. The van der Waals surface area contributed by atoms with Gasteiger partial charge in [0, 0.05) is 0 Å². The molecule has 0 N–H and O–H groups in total. The first-order valence-electron chi connectivity index (χ1n) is 12.2. The molecule has 0 saturated heterocycles. The fourth-order valence-corrected chi connectivity index (χ4v) is 5.67. The maximum Gasteiger partial charge on any atom is -0.147 e. The molecule has 2 unspecified atom stereocenters. The van der Waals surface area contributed by atoms with E-state index in [4.69, 9.17) is 0 Å². The van der Waals surface area contributed by atoms with Crippen LogP contribution < -0.4 is 0 Å². The van der Waals surface area contributed by atoms with Crippen LogP contribution in [0.15, 0.2) is 70.8 Å². The Morgan fingerprint density at radius 2 is 1.19 bits per heavy atom. The van der Waals surface area contributed by atoms with Gasteiger partial charge >= 0.3 is 125 Å². The van der Waals surface area contributed by atoms with Gasteiger partial charge in [-0.05, 0) is 0 Å². The second-order valence-electron chi connectivity index (χ2n) is 9.86. The number of benzene rings is 2. The summed E-state index contributed by atoms with van der Waals surface area (Å²) in [4.78, 5) is 0. The zero-order valence-corrected chi connectivity index (χ0v) is 27.7. The van der Waals surface area contributed by atoms with Crippen molar-refractivity contribution in [2.24, 2.45) is 11.8 Å². The maximum absolute atomic E-state index is 3.29. The van der Waals surface area contributed by atoms with Crippen molar-refractivity contribution < 1.29 is 24.2 Å². The van der Waals surface area contributed by atoms with E-state index in [2.05, 4.69) is 130 Å². The van der Waals surface area contributed by atoms with Crippen molar-refractivity contribution in [3.05, 3.63) is 116 Å². The van der Waals surface area contributed by atoms with Gasteiger partial charge in [-0.15, -0.1) is 31.7 Å². The van der Waals surface area contributed by atoms with E-state index in [1.165, 1.54) is 83.1 Å². The van der Waals surface area contributed by atoms with Gasteiger partial charge in [-0.1, -0.05) is 46.5 Å². The number of hydrogen-bond acceptors (Lipinski definition) is 0. The topological polar surface area (TPSA) is 0 Å². The molecule has 0 spiro atoms. The van der Waals surface area contributed by atoms with Crippen LogP contribution in [0.2, 0.25) is 0 Å². The van der Waals surface area contributed by atoms with Crippen LogP contribution in [0.25, 0.3) is 0 Å². The molecule has 0 aliphatic heterocycles. The molecule has 192 valence electrons. The van der Waals surface area contributed by atoms with Crippen molar-refractivity contribution in [2.75, 3.05) is 0 Å². The molecule has 2 aromatic rings. The number of halogens is 2. The first-order chi connectivity index (χ1) is 15.9. The summed E-state index contributed by atoms with van der Waals surface area (Å²) in [5.41, 5.74) is 13.6. The molecular weight excluding hydrogens is 558 g/mol. The van der Waals surface area contributed by atoms with Crippen molar-refractivity contribution in [3.8, 4) is 0 Å². The van der Waals surface area contributed by atoms with Crippen LogP contribution in [0.1, 0.15) is 74.9 Å². The molecule has 0 heterocycles. The number of rotatable bonds is 2. The van der Waals surface area contributed by atoms with E-state index in [1.54, 1.807) is 0 Å². The van der Waals surface area contributed by atoms with Gasteiger partial charge in [-0.2, -0.15) is 11.6 Å². The third-order valence-corrected chi connectivity index (χ3v) is 7.73. The molecule has 2 atom stereocenters. The molecule has 0 amide bonds. The standard InChI is InChI=1S/C17H18.2C8H11.2ClH.Zr/c1-12-5-7-16(14(3)9-12)11-17-8-6-13(2)10-15(17)4;2*1-6-4-7(2)8(3)5-6;;;/h5-10H,1-4H3;4,8H,1-3H3;4,6H,1-3H3;2*1H;/q;2*-1;;;+2. The molecule has 0 fully saturated rings. The zero-order chi connectivity index (χ0) is 25.6. The third kappa shape index (κ3) is 10.2. The summed E-state index contributed by atoms with van der Waals surface area (Å²) in [6, 6.07) is 13.5. The Kier molecular flexibility index (Phi) is 15.3. The van der Waals surface area contributed by atoms with E-state index in [0.29, 0.717) is 11.8 Å². The summed E-state index contributed by atoms with van der Waals surface area (Å²) in [6.07, 6.45) is 11.0. The van der Waals surface area contributed by atoms with Gasteiger partial charge in [0.25, 0.3) is 0 Å². The Bertz CT molecular complexity index is 1110. The summed E-state index contributed by atoms with van der Waals surface area (Å²) >= 11 is 1.48. The number of aryl methyl sites for hydroxylation is 4. The molecule has 0 nitrogen and oxygen atoms in total. The Labute approximate surface area is 248 Å². The molecular formula is C33H42Cl2Zr. The predicted molar refractivity (Wildman–Crippen MR) is 160 cm³/mol. The summed E-state index contributed by atoms with van der Waals surface area (Å²) < 4.78 is 1.46. The molecule has 0 saturated carbocycles. The third-order valence-electron chi connectivity index (χ3n) is 6.41. The summed E-state index contributed by atoms with van der Waals surface area (Å²) in [6.45, 7) is 21.5. The second kappa shape index (κ2) is 15.9. The van der Waals surface area contributed by atoms with E-state index >= 15 is 0 Å². The number of allylic oxidation sites excluding steroid dienone is 8. The van der Waals surface area contributed by atoms with Crippen LogP contribution in [0.4, 0.5) is 0 Å². The minimum Gasteiger partial charge on any atom is -0.147 e. The summed E-state index contributed by atoms with van der Waals surface area (Å²) in [5.74, 6) is 1.12. The van der Waals surface area contributed by atoms with Crippen molar-refractivity contribution >= 4 is 28.0 Å². The smallest absolute Gasteiger partial charge is 0.147 e. The predicted octanol–water partition coefficient (Wildman–Crippen LogP) is 9.54. The van der Waals surface area contributed by atoms with Gasteiger partial charge < -0.3 is 0 Å². The summed E-state index contributed by atoms with van der Waals surface area (Å²) in [7, 11) is 0. The Hall–Kier alpha value is -1.27. The molecule has 2 aliphatic rings. The quantitative estimate of drug-likeness (QED) is 0.301. The molecule has 0 bridgehead atoms. The minimum absolute atomic E-state index is 0. The van der Waals surface area contributed by atoms with Crippen LogP contribution in [0.3, 0.4) is 0 Å². The number of hydrogen-bond donors (Lipinski definition) is 0. The van der Waals surface area contributed by atoms with E-state index < -0.39 is 0 Å². The molecule has 4 rings (SSSR count). The van der Waals surface area contributed by atoms with Crippen LogP contribution in [0.5, 0.6) is 0 Å². The average Bonchev–Trinajstić information content (AvgIpc) is 3.19. The fraction of sp³-hybridized carbons (Fsp3) is 0.364. The van der Waals surface area contributed by atoms with Gasteiger partial charge in [-0.3, -0.25) is 12.2 Å². The molecule has 36 heavy (non-hydrogen) atoms. The van der Waals surface area contributed by atoms with Crippen LogP contribution >= 0.6 is 24.8 Å².